The second-order valence-corrected chi connectivity index (χ2v) is 5.87. The molecule has 0 aliphatic rings. The van der Waals surface area contributed by atoms with Gasteiger partial charge in [-0.15, -0.1) is 0 Å². The van der Waals surface area contributed by atoms with Gasteiger partial charge in [-0.3, -0.25) is 20.6 Å². The molecule has 5 N–H and O–H groups in total. The number of nitrogen functional groups attached to an aromatic ring is 1. The van der Waals surface area contributed by atoms with Crippen LogP contribution < -0.4 is 21.9 Å². The highest BCUT2D eigenvalue weighted by atomic mass is 35.5. The summed E-state index contributed by atoms with van der Waals surface area (Å²) < 4.78 is 0. The number of carbonyl (C=O) groups excluding carboxylic acids is 1. The van der Waals surface area contributed by atoms with Crippen LogP contribution in [0.5, 0.6) is 0 Å². The number of hydrogen-bond acceptors (Lipinski definition) is 7. The van der Waals surface area contributed by atoms with Crippen molar-refractivity contribution in [2.24, 2.45) is 0 Å². The van der Waals surface area contributed by atoms with Gasteiger partial charge in [-0.1, -0.05) is 23.2 Å². The van der Waals surface area contributed by atoms with Gasteiger partial charge in [0.1, 0.15) is 12.0 Å². The average Bonchev–Trinajstić information content (AvgIpc) is 2.66. The van der Waals surface area contributed by atoms with Crippen LogP contribution in [0.4, 0.5) is 23.0 Å². The predicted molar refractivity (Wildman–Crippen MR) is 102 cm³/mol. The maximum atomic E-state index is 12.0. The maximum Gasteiger partial charge on any atom is 0.269 e. The number of aromatic nitrogens is 3. The van der Waals surface area contributed by atoms with Gasteiger partial charge in [-0.05, 0) is 30.3 Å². The number of anilines is 4. The van der Waals surface area contributed by atoms with Gasteiger partial charge in [-0.2, -0.15) is 0 Å². The van der Waals surface area contributed by atoms with E-state index in [2.05, 4.69) is 31.1 Å². The maximum absolute atomic E-state index is 12.0. The lowest BCUT2D eigenvalue weighted by molar-refractivity contribution is 0.0962. The number of benzene rings is 1. The summed E-state index contributed by atoms with van der Waals surface area (Å²) in [7, 11) is 0. The highest BCUT2D eigenvalue weighted by molar-refractivity contribution is 6.42. The lowest BCUT2D eigenvalue weighted by Gasteiger charge is -2.13. The number of nitrogens with one attached hydrogen (secondary N) is 3. The Bertz CT molecular complexity index is 937. The normalized spacial score (nSPS) is 10.2. The number of hydrazine groups is 1. The van der Waals surface area contributed by atoms with Crippen molar-refractivity contribution >= 4 is 52.1 Å². The number of nitrogens with two attached hydrogens (primary N) is 1. The van der Waals surface area contributed by atoms with Gasteiger partial charge in [0, 0.05) is 23.6 Å². The summed E-state index contributed by atoms with van der Waals surface area (Å²) in [6, 6.07) is 8.19. The van der Waals surface area contributed by atoms with E-state index in [9.17, 15) is 4.79 Å². The molecule has 132 valence electrons. The van der Waals surface area contributed by atoms with Crippen molar-refractivity contribution < 1.29 is 4.79 Å². The fourth-order valence-corrected chi connectivity index (χ4v) is 2.29. The van der Waals surface area contributed by atoms with Gasteiger partial charge >= 0.3 is 0 Å². The van der Waals surface area contributed by atoms with E-state index < -0.39 is 0 Å². The Morgan fingerprint density at radius 1 is 1.00 bits per heavy atom. The molecular formula is C16H13Cl2N7O. The third kappa shape index (κ3) is 4.11. The van der Waals surface area contributed by atoms with Crippen LogP contribution in [0.2, 0.25) is 10.0 Å². The van der Waals surface area contributed by atoms with Crippen LogP contribution in [0.25, 0.3) is 0 Å². The van der Waals surface area contributed by atoms with Crippen LogP contribution in [-0.4, -0.2) is 20.9 Å². The number of halogens is 2. The molecule has 0 radical (unpaired) electrons. The Morgan fingerprint density at radius 2 is 1.73 bits per heavy atom. The number of amides is 1. The molecule has 0 bridgehead atoms. The fourth-order valence-electron chi connectivity index (χ4n) is 2.00. The van der Waals surface area contributed by atoms with Crippen LogP contribution in [0.3, 0.4) is 0 Å². The van der Waals surface area contributed by atoms with E-state index >= 15 is 0 Å². The minimum Gasteiger partial charge on any atom is -0.393 e. The fraction of sp³-hybridized carbons (Fsp3) is 0. The van der Waals surface area contributed by atoms with E-state index in [0.717, 1.165) is 0 Å². The Balaban J connectivity index is 1.72. The van der Waals surface area contributed by atoms with Crippen molar-refractivity contribution in [3.05, 3.63) is 64.7 Å². The zero-order chi connectivity index (χ0) is 18.5. The molecule has 26 heavy (non-hydrogen) atoms. The van der Waals surface area contributed by atoms with Crippen LogP contribution in [0, 0.1) is 0 Å². The largest absolute Gasteiger partial charge is 0.393 e. The van der Waals surface area contributed by atoms with Crippen molar-refractivity contribution in [1.29, 1.82) is 0 Å². The second-order valence-electron chi connectivity index (χ2n) is 5.05. The first kappa shape index (κ1) is 17.7. The molecule has 0 saturated heterocycles. The van der Waals surface area contributed by atoms with Crippen molar-refractivity contribution in [3.8, 4) is 0 Å². The summed E-state index contributed by atoms with van der Waals surface area (Å²) >= 11 is 11.9. The zero-order valence-electron chi connectivity index (χ0n) is 13.2. The molecule has 0 saturated carbocycles. The van der Waals surface area contributed by atoms with E-state index in [1.165, 1.54) is 18.7 Å². The Kier molecular flexibility index (Phi) is 5.35. The topological polar surface area (TPSA) is 118 Å². The molecule has 0 aliphatic carbocycles. The molecule has 3 aromatic rings. The Morgan fingerprint density at radius 3 is 2.46 bits per heavy atom. The summed E-state index contributed by atoms with van der Waals surface area (Å²) in [5, 5.41) is 3.85. The third-order valence-electron chi connectivity index (χ3n) is 3.30. The predicted octanol–water partition coefficient (Wildman–Crippen LogP) is 3.26. The van der Waals surface area contributed by atoms with Gasteiger partial charge in [0.25, 0.3) is 5.91 Å². The second kappa shape index (κ2) is 7.85. The Hall–Kier alpha value is -3.10. The van der Waals surface area contributed by atoms with Crippen molar-refractivity contribution in [2.75, 3.05) is 16.5 Å². The van der Waals surface area contributed by atoms with E-state index in [4.69, 9.17) is 28.9 Å². The first-order valence-corrected chi connectivity index (χ1v) is 8.09. The number of rotatable bonds is 5. The molecule has 2 heterocycles. The minimum atomic E-state index is -0.357. The van der Waals surface area contributed by atoms with Crippen LogP contribution in [0.1, 0.15) is 10.4 Å². The van der Waals surface area contributed by atoms with Crippen molar-refractivity contribution in [3.63, 3.8) is 0 Å². The summed E-state index contributed by atoms with van der Waals surface area (Å²) in [5.41, 5.74) is 12.5. The molecule has 0 atom stereocenters. The smallest absolute Gasteiger partial charge is 0.269 e. The van der Waals surface area contributed by atoms with Gasteiger partial charge in [-0.25, -0.2) is 9.97 Å². The Labute approximate surface area is 158 Å². The molecule has 0 spiro atoms. The standard InChI is InChI=1S/C16H13Cl2N7O/c17-11-2-1-10(7-12(11)18)23-14-13(19)15(22-8-21-14)24-25-16(26)9-3-5-20-6-4-9/h1-8H,19H2,(H,25,26)(H2,21,22,23,24). The molecule has 3 rings (SSSR count). The van der Waals surface area contributed by atoms with Crippen LogP contribution in [-0.2, 0) is 0 Å². The van der Waals surface area contributed by atoms with E-state index in [0.29, 0.717) is 27.1 Å². The van der Waals surface area contributed by atoms with E-state index in [-0.39, 0.29) is 17.4 Å². The molecule has 0 fully saturated rings. The number of pyridine rings is 1. The van der Waals surface area contributed by atoms with Gasteiger partial charge in [0.05, 0.1) is 10.0 Å². The monoisotopic (exact) mass is 389 g/mol. The molecule has 0 aliphatic heterocycles. The summed E-state index contributed by atoms with van der Waals surface area (Å²) in [4.78, 5) is 24.0. The van der Waals surface area contributed by atoms with Gasteiger partial charge in [0.15, 0.2) is 11.6 Å². The first-order valence-electron chi connectivity index (χ1n) is 7.33. The first-order chi connectivity index (χ1) is 12.5. The zero-order valence-corrected chi connectivity index (χ0v) is 14.7. The SMILES string of the molecule is Nc1c(NNC(=O)c2ccncc2)ncnc1Nc1ccc(Cl)c(Cl)c1. The van der Waals surface area contributed by atoms with Crippen molar-refractivity contribution in [2.45, 2.75) is 0 Å². The van der Waals surface area contributed by atoms with E-state index in [1.54, 1.807) is 30.3 Å². The molecule has 0 unspecified atom stereocenters. The van der Waals surface area contributed by atoms with Crippen LogP contribution >= 0.6 is 23.2 Å². The van der Waals surface area contributed by atoms with Crippen LogP contribution in [0.15, 0.2) is 49.1 Å². The average molecular weight is 390 g/mol. The lowest BCUT2D eigenvalue weighted by atomic mass is 10.3. The number of nitrogens with zero attached hydrogens (tertiary/aromatic N) is 3. The quantitative estimate of drug-likeness (QED) is 0.494. The summed E-state index contributed by atoms with van der Waals surface area (Å²) in [6.07, 6.45) is 4.34. The van der Waals surface area contributed by atoms with Crippen molar-refractivity contribution in [1.82, 2.24) is 20.4 Å². The molecule has 1 aromatic carbocycles. The van der Waals surface area contributed by atoms with Gasteiger partial charge < -0.3 is 11.1 Å². The molecular weight excluding hydrogens is 377 g/mol. The third-order valence-corrected chi connectivity index (χ3v) is 4.04. The van der Waals surface area contributed by atoms with Gasteiger partial charge in [0.2, 0.25) is 0 Å². The highest BCUT2D eigenvalue weighted by Gasteiger charge is 2.11. The molecule has 1 amide bonds. The highest BCUT2D eigenvalue weighted by Crippen LogP contribution is 2.29. The van der Waals surface area contributed by atoms with E-state index in [1.807, 2.05) is 0 Å². The lowest BCUT2D eigenvalue weighted by Crippen LogP contribution is -2.30. The molecule has 8 nitrogen and oxygen atoms in total. The molecule has 10 heteroatoms. The molecule has 2 aromatic heterocycles. The summed E-state index contributed by atoms with van der Waals surface area (Å²) in [5.74, 6) is 0.230. The number of hydrogen-bond donors (Lipinski definition) is 4. The minimum absolute atomic E-state index is 0.216. The number of carbonyl (C=O) groups is 1. The summed E-state index contributed by atoms with van der Waals surface area (Å²) in [6.45, 7) is 0.